The van der Waals surface area contributed by atoms with Gasteiger partial charge in [0, 0.05) is 31.1 Å². The fourth-order valence-electron chi connectivity index (χ4n) is 6.20. The van der Waals surface area contributed by atoms with Gasteiger partial charge < -0.3 is 14.9 Å². The Hall–Kier alpha value is -2.84. The number of aliphatic hydroxyl groups is 1. The second kappa shape index (κ2) is 8.60. The number of rotatable bonds is 3. The van der Waals surface area contributed by atoms with Gasteiger partial charge in [-0.15, -0.1) is 0 Å². The molecule has 1 aliphatic carbocycles. The largest absolute Gasteiger partial charge is 0.394 e. The number of nitriles is 1. The molecule has 3 aliphatic rings. The van der Waals surface area contributed by atoms with Gasteiger partial charge in [-0.25, -0.2) is 0 Å². The molecule has 1 amide bonds. The van der Waals surface area contributed by atoms with E-state index >= 15 is 0 Å². The number of nitrogens with zero attached hydrogens (tertiary/aromatic N) is 3. The molecule has 2 heterocycles. The van der Waals surface area contributed by atoms with Crippen molar-refractivity contribution in [3.8, 4) is 17.2 Å². The predicted octanol–water partition coefficient (Wildman–Crippen LogP) is 4.51. The zero-order valence-corrected chi connectivity index (χ0v) is 18.7. The molecule has 32 heavy (non-hydrogen) atoms. The SMILES string of the molecule is CN1c2ccc(-c3ccc(C#N)cc3)cc2[C@H]2[C@H](CCN2C(=O)C2CCCCC2)[C@@H]1CO. The van der Waals surface area contributed by atoms with Crippen LogP contribution in [0.2, 0.25) is 0 Å². The summed E-state index contributed by atoms with van der Waals surface area (Å²) in [7, 11) is 2.06. The summed E-state index contributed by atoms with van der Waals surface area (Å²) in [4.78, 5) is 17.9. The van der Waals surface area contributed by atoms with E-state index in [9.17, 15) is 9.90 Å². The van der Waals surface area contributed by atoms with E-state index < -0.39 is 0 Å². The van der Waals surface area contributed by atoms with Crippen molar-refractivity contribution in [1.82, 2.24) is 4.90 Å². The molecule has 2 aliphatic heterocycles. The molecule has 0 radical (unpaired) electrons. The van der Waals surface area contributed by atoms with E-state index in [-0.39, 0.29) is 30.5 Å². The van der Waals surface area contributed by atoms with Gasteiger partial charge in [-0.05, 0) is 60.2 Å². The van der Waals surface area contributed by atoms with Crippen LogP contribution in [0.15, 0.2) is 42.5 Å². The summed E-state index contributed by atoms with van der Waals surface area (Å²) in [6.07, 6.45) is 6.49. The first kappa shape index (κ1) is 21.0. The van der Waals surface area contributed by atoms with Crippen LogP contribution in [0.3, 0.4) is 0 Å². The number of fused-ring (bicyclic) bond motifs is 3. The molecule has 5 heteroatoms. The normalized spacial score (nSPS) is 25.2. The van der Waals surface area contributed by atoms with Crippen molar-refractivity contribution < 1.29 is 9.90 Å². The highest BCUT2D eigenvalue weighted by Crippen LogP contribution is 2.50. The predicted molar refractivity (Wildman–Crippen MR) is 125 cm³/mol. The van der Waals surface area contributed by atoms with Crippen molar-refractivity contribution in [2.45, 2.75) is 50.6 Å². The smallest absolute Gasteiger partial charge is 0.226 e. The average Bonchev–Trinajstić information content (AvgIpc) is 3.29. The van der Waals surface area contributed by atoms with Crippen molar-refractivity contribution in [3.63, 3.8) is 0 Å². The quantitative estimate of drug-likeness (QED) is 0.780. The van der Waals surface area contributed by atoms with E-state index in [1.807, 2.05) is 24.3 Å². The Morgan fingerprint density at radius 3 is 2.47 bits per heavy atom. The molecule has 0 spiro atoms. The molecule has 2 fully saturated rings. The summed E-state index contributed by atoms with van der Waals surface area (Å²) in [6, 6.07) is 16.4. The van der Waals surface area contributed by atoms with Crippen molar-refractivity contribution in [1.29, 1.82) is 5.26 Å². The van der Waals surface area contributed by atoms with E-state index in [0.29, 0.717) is 11.5 Å². The molecule has 0 aromatic heterocycles. The number of likely N-dealkylation sites (tertiary alicyclic amines) is 1. The average molecular weight is 430 g/mol. The number of hydrogen-bond acceptors (Lipinski definition) is 4. The van der Waals surface area contributed by atoms with Crippen LogP contribution in [0, 0.1) is 23.2 Å². The number of likely N-dealkylation sites (N-methyl/N-ethyl adjacent to an activating group) is 1. The maximum absolute atomic E-state index is 13.6. The molecule has 1 saturated heterocycles. The third kappa shape index (κ3) is 3.47. The first-order valence-electron chi connectivity index (χ1n) is 11.9. The molecule has 166 valence electrons. The lowest BCUT2D eigenvalue weighted by molar-refractivity contribution is -0.138. The zero-order valence-electron chi connectivity index (χ0n) is 18.7. The summed E-state index contributed by atoms with van der Waals surface area (Å²) in [5, 5.41) is 19.3. The number of amides is 1. The lowest BCUT2D eigenvalue weighted by Gasteiger charge is -2.45. The van der Waals surface area contributed by atoms with Gasteiger partial charge >= 0.3 is 0 Å². The van der Waals surface area contributed by atoms with Crippen molar-refractivity contribution >= 4 is 11.6 Å². The molecule has 1 N–H and O–H groups in total. The lowest BCUT2D eigenvalue weighted by Crippen LogP contribution is -2.49. The molecule has 3 atom stereocenters. The lowest BCUT2D eigenvalue weighted by atomic mass is 9.80. The van der Waals surface area contributed by atoms with Gasteiger partial charge in [0.2, 0.25) is 5.91 Å². The monoisotopic (exact) mass is 429 g/mol. The minimum Gasteiger partial charge on any atom is -0.394 e. The van der Waals surface area contributed by atoms with E-state index in [1.54, 1.807) is 0 Å². The molecule has 0 bridgehead atoms. The minimum atomic E-state index is 0.0195. The molecule has 0 unspecified atom stereocenters. The molecule has 5 rings (SSSR count). The van der Waals surface area contributed by atoms with E-state index in [4.69, 9.17) is 5.26 Å². The van der Waals surface area contributed by atoms with Crippen LogP contribution in [0.4, 0.5) is 5.69 Å². The summed E-state index contributed by atoms with van der Waals surface area (Å²) in [6.45, 7) is 0.871. The zero-order chi connectivity index (χ0) is 22.2. The topological polar surface area (TPSA) is 67.6 Å². The minimum absolute atomic E-state index is 0.0195. The Bertz CT molecular complexity index is 1040. The Morgan fingerprint density at radius 1 is 1.06 bits per heavy atom. The molecule has 1 saturated carbocycles. The van der Waals surface area contributed by atoms with Gasteiger partial charge in [-0.3, -0.25) is 4.79 Å². The third-order valence-electron chi connectivity index (χ3n) is 7.93. The number of aliphatic hydroxyl groups excluding tert-OH is 1. The number of benzene rings is 2. The van der Waals surface area contributed by atoms with Crippen LogP contribution in [-0.2, 0) is 4.79 Å². The van der Waals surface area contributed by atoms with Crippen molar-refractivity contribution in [2.24, 2.45) is 11.8 Å². The van der Waals surface area contributed by atoms with Crippen molar-refractivity contribution in [2.75, 3.05) is 25.1 Å². The highest BCUT2D eigenvalue weighted by molar-refractivity contribution is 5.81. The molecule has 5 nitrogen and oxygen atoms in total. The van der Waals surface area contributed by atoms with E-state index in [0.717, 1.165) is 55.5 Å². The van der Waals surface area contributed by atoms with Gasteiger partial charge in [-0.2, -0.15) is 5.26 Å². The molecular weight excluding hydrogens is 398 g/mol. The maximum Gasteiger partial charge on any atom is 0.226 e. The van der Waals surface area contributed by atoms with Gasteiger partial charge in [0.15, 0.2) is 0 Å². The standard InChI is InChI=1S/C27H31N3O2/c1-29-24-12-11-21(19-9-7-18(16-28)8-10-19)15-23(24)26-22(25(29)17-31)13-14-30(26)27(32)20-5-3-2-4-6-20/h7-12,15,20,22,25-26,31H,2-6,13-14,17H2,1H3/t22-,25+,26-/m1/s1. The van der Waals surface area contributed by atoms with E-state index in [1.165, 1.54) is 12.0 Å². The fraction of sp³-hybridized carbons (Fsp3) is 0.481. The second-order valence-corrected chi connectivity index (χ2v) is 9.59. The highest BCUT2D eigenvalue weighted by atomic mass is 16.3. The first-order valence-corrected chi connectivity index (χ1v) is 11.9. The number of carbonyl (C=O) groups excluding carboxylic acids is 1. The third-order valence-corrected chi connectivity index (χ3v) is 7.93. The van der Waals surface area contributed by atoms with Gasteiger partial charge in [0.25, 0.3) is 0 Å². The number of hydrogen-bond donors (Lipinski definition) is 1. The Balaban J connectivity index is 1.55. The fourth-order valence-corrected chi connectivity index (χ4v) is 6.20. The maximum atomic E-state index is 13.6. The highest BCUT2D eigenvalue weighted by Gasteiger charge is 2.48. The Labute approximate surface area is 190 Å². The van der Waals surface area contributed by atoms with Crippen LogP contribution in [0.1, 0.15) is 55.7 Å². The van der Waals surface area contributed by atoms with Gasteiger partial charge in [0.05, 0.1) is 30.3 Å². The van der Waals surface area contributed by atoms with Gasteiger partial charge in [-0.1, -0.05) is 37.5 Å². The summed E-state index contributed by atoms with van der Waals surface area (Å²) in [5.74, 6) is 0.703. The molecule has 2 aromatic rings. The summed E-state index contributed by atoms with van der Waals surface area (Å²) < 4.78 is 0. The summed E-state index contributed by atoms with van der Waals surface area (Å²) in [5.41, 5.74) is 5.10. The van der Waals surface area contributed by atoms with Crippen LogP contribution >= 0.6 is 0 Å². The summed E-state index contributed by atoms with van der Waals surface area (Å²) >= 11 is 0. The van der Waals surface area contributed by atoms with Crippen LogP contribution in [-0.4, -0.2) is 42.2 Å². The second-order valence-electron chi connectivity index (χ2n) is 9.59. The van der Waals surface area contributed by atoms with Crippen LogP contribution in [0.5, 0.6) is 0 Å². The van der Waals surface area contributed by atoms with Gasteiger partial charge in [0.1, 0.15) is 0 Å². The number of anilines is 1. The van der Waals surface area contributed by atoms with Crippen LogP contribution < -0.4 is 4.90 Å². The Morgan fingerprint density at radius 2 is 1.78 bits per heavy atom. The van der Waals surface area contributed by atoms with E-state index in [2.05, 4.69) is 41.1 Å². The Kier molecular flexibility index (Phi) is 5.65. The number of carbonyl (C=O) groups is 1. The first-order chi connectivity index (χ1) is 15.6. The molecular formula is C27H31N3O2. The molecule has 2 aromatic carbocycles. The van der Waals surface area contributed by atoms with Crippen molar-refractivity contribution in [3.05, 3.63) is 53.6 Å². The van der Waals surface area contributed by atoms with Crippen LogP contribution in [0.25, 0.3) is 11.1 Å².